The molecule has 1 amide bonds. The van der Waals surface area contributed by atoms with E-state index < -0.39 is 0 Å². The average molecular weight is 340 g/mol. The Bertz CT molecular complexity index is 278. The van der Waals surface area contributed by atoms with Crippen molar-refractivity contribution in [2.75, 3.05) is 39.3 Å². The fraction of sp³-hybridized carbons (Fsp3) is 0.933. The van der Waals surface area contributed by atoms with Gasteiger partial charge in [0.25, 0.3) is 0 Å². The number of rotatable bonds is 5. The van der Waals surface area contributed by atoms with Crippen LogP contribution >= 0.6 is 24.8 Å². The van der Waals surface area contributed by atoms with Gasteiger partial charge in [-0.2, -0.15) is 0 Å². The Morgan fingerprint density at radius 3 is 2.52 bits per heavy atom. The predicted octanol–water partition coefficient (Wildman–Crippen LogP) is 2.07. The second-order valence-electron chi connectivity index (χ2n) is 6.00. The van der Waals surface area contributed by atoms with E-state index in [-0.39, 0.29) is 36.6 Å². The van der Waals surface area contributed by atoms with E-state index in [1.165, 1.54) is 32.5 Å². The lowest BCUT2D eigenvalue weighted by Crippen LogP contribution is -2.41. The second kappa shape index (κ2) is 11.5. The first-order valence-corrected chi connectivity index (χ1v) is 8.00. The normalized spacial score (nSPS) is 23.8. The van der Waals surface area contributed by atoms with Gasteiger partial charge in [-0.15, -0.1) is 24.8 Å². The van der Waals surface area contributed by atoms with Crippen LogP contribution in [0.3, 0.4) is 0 Å². The molecule has 21 heavy (non-hydrogen) atoms. The number of carbonyl (C=O) groups is 1. The van der Waals surface area contributed by atoms with Gasteiger partial charge < -0.3 is 15.5 Å². The van der Waals surface area contributed by atoms with E-state index in [1.54, 1.807) is 0 Å². The number of carbonyl (C=O) groups excluding carboxylic acids is 1. The van der Waals surface area contributed by atoms with Crippen LogP contribution in [0.4, 0.5) is 0 Å². The summed E-state index contributed by atoms with van der Waals surface area (Å²) in [5, 5.41) is 6.43. The molecule has 0 spiro atoms. The summed E-state index contributed by atoms with van der Waals surface area (Å²) in [5.41, 5.74) is 0. The van der Waals surface area contributed by atoms with E-state index in [2.05, 4.69) is 22.5 Å². The Hall–Kier alpha value is -0.0300. The zero-order valence-electron chi connectivity index (χ0n) is 13.1. The summed E-state index contributed by atoms with van der Waals surface area (Å²) in [6, 6.07) is 0. The topological polar surface area (TPSA) is 44.4 Å². The van der Waals surface area contributed by atoms with Crippen LogP contribution in [0.25, 0.3) is 0 Å². The maximum atomic E-state index is 12.0. The van der Waals surface area contributed by atoms with Gasteiger partial charge in [0.15, 0.2) is 0 Å². The van der Waals surface area contributed by atoms with E-state index in [0.29, 0.717) is 0 Å². The molecule has 6 heteroatoms. The molecule has 2 heterocycles. The molecular formula is C15H31Cl2N3O. The summed E-state index contributed by atoms with van der Waals surface area (Å²) in [6.45, 7) is 8.69. The van der Waals surface area contributed by atoms with Crippen molar-refractivity contribution in [2.45, 2.75) is 39.0 Å². The monoisotopic (exact) mass is 339 g/mol. The molecule has 2 N–H and O–H groups in total. The van der Waals surface area contributed by atoms with Crippen molar-refractivity contribution in [3.63, 3.8) is 0 Å². The van der Waals surface area contributed by atoms with Crippen molar-refractivity contribution in [2.24, 2.45) is 11.8 Å². The van der Waals surface area contributed by atoms with Crippen molar-refractivity contribution >= 4 is 30.7 Å². The third-order valence-electron chi connectivity index (χ3n) is 4.67. The van der Waals surface area contributed by atoms with Gasteiger partial charge in [-0.25, -0.2) is 0 Å². The Balaban J connectivity index is 0.00000200. The largest absolute Gasteiger partial charge is 0.356 e. The summed E-state index contributed by atoms with van der Waals surface area (Å²) in [4.78, 5) is 14.5. The number of nitrogens with zero attached hydrogens (tertiary/aromatic N) is 1. The number of hydrogen-bond donors (Lipinski definition) is 2. The fourth-order valence-electron chi connectivity index (χ4n) is 3.21. The van der Waals surface area contributed by atoms with Gasteiger partial charge in [0.1, 0.15) is 0 Å². The molecule has 0 aromatic rings. The predicted molar refractivity (Wildman–Crippen MR) is 92.6 cm³/mol. The minimum Gasteiger partial charge on any atom is -0.356 e. The highest BCUT2D eigenvalue weighted by Gasteiger charge is 2.21. The van der Waals surface area contributed by atoms with Crippen LogP contribution in [0, 0.1) is 11.8 Å². The fourth-order valence-corrected chi connectivity index (χ4v) is 3.21. The van der Waals surface area contributed by atoms with Crippen LogP contribution in [0.15, 0.2) is 0 Å². The molecule has 2 aliphatic heterocycles. The Labute approximate surface area is 141 Å². The molecule has 2 saturated heterocycles. The molecule has 0 saturated carbocycles. The standard InChI is InChI=1S/C15H29N3O.2ClH/c1-2-18-10-6-13(7-11-18)5-9-17-15(19)14-4-3-8-16-12-14;;/h13-14,16H,2-12H2,1H3,(H,17,19);2*1H. The minimum absolute atomic E-state index is 0. The lowest BCUT2D eigenvalue weighted by atomic mass is 9.93. The Morgan fingerprint density at radius 2 is 1.95 bits per heavy atom. The van der Waals surface area contributed by atoms with Crippen LogP contribution in [0.2, 0.25) is 0 Å². The van der Waals surface area contributed by atoms with E-state index in [9.17, 15) is 4.79 Å². The van der Waals surface area contributed by atoms with Gasteiger partial charge in [-0.05, 0) is 64.2 Å². The van der Waals surface area contributed by atoms with Gasteiger partial charge in [0.05, 0.1) is 5.92 Å². The minimum atomic E-state index is 0. The van der Waals surface area contributed by atoms with Gasteiger partial charge in [-0.3, -0.25) is 4.79 Å². The summed E-state index contributed by atoms with van der Waals surface area (Å²) in [7, 11) is 0. The van der Waals surface area contributed by atoms with E-state index >= 15 is 0 Å². The second-order valence-corrected chi connectivity index (χ2v) is 6.00. The lowest BCUT2D eigenvalue weighted by molar-refractivity contribution is -0.125. The molecular weight excluding hydrogens is 309 g/mol. The van der Waals surface area contributed by atoms with Gasteiger partial charge in [-0.1, -0.05) is 6.92 Å². The first-order chi connectivity index (χ1) is 9.29. The lowest BCUT2D eigenvalue weighted by Gasteiger charge is -2.31. The van der Waals surface area contributed by atoms with Crippen molar-refractivity contribution in [1.29, 1.82) is 0 Å². The summed E-state index contributed by atoms with van der Waals surface area (Å²) in [6.07, 6.45) is 5.94. The summed E-state index contributed by atoms with van der Waals surface area (Å²) >= 11 is 0. The van der Waals surface area contributed by atoms with Gasteiger partial charge in [0.2, 0.25) is 5.91 Å². The Kier molecular flexibility index (Phi) is 11.5. The molecule has 1 unspecified atom stereocenters. The number of likely N-dealkylation sites (tertiary alicyclic amines) is 1. The molecule has 126 valence electrons. The molecule has 2 rings (SSSR count). The van der Waals surface area contributed by atoms with Gasteiger partial charge in [0, 0.05) is 13.1 Å². The van der Waals surface area contributed by atoms with Crippen LogP contribution in [-0.4, -0.2) is 50.1 Å². The van der Waals surface area contributed by atoms with Gasteiger partial charge >= 0.3 is 0 Å². The van der Waals surface area contributed by atoms with E-state index in [1.807, 2.05) is 0 Å². The molecule has 0 bridgehead atoms. The molecule has 0 radical (unpaired) electrons. The first kappa shape index (κ1) is 21.0. The number of hydrogen-bond acceptors (Lipinski definition) is 3. The molecule has 1 atom stereocenters. The van der Waals surface area contributed by atoms with Crippen molar-refractivity contribution in [3.05, 3.63) is 0 Å². The third kappa shape index (κ3) is 7.18. The van der Waals surface area contributed by atoms with Crippen LogP contribution in [-0.2, 0) is 4.79 Å². The van der Waals surface area contributed by atoms with Crippen molar-refractivity contribution < 1.29 is 4.79 Å². The SMILES string of the molecule is CCN1CCC(CCNC(=O)C2CCCNC2)CC1.Cl.Cl. The summed E-state index contributed by atoms with van der Waals surface area (Å²) in [5.74, 6) is 1.28. The zero-order chi connectivity index (χ0) is 13.5. The maximum absolute atomic E-state index is 12.0. The first-order valence-electron chi connectivity index (χ1n) is 8.00. The van der Waals surface area contributed by atoms with Crippen molar-refractivity contribution in [3.8, 4) is 0 Å². The van der Waals surface area contributed by atoms with Crippen LogP contribution < -0.4 is 10.6 Å². The average Bonchev–Trinajstić information content (AvgIpc) is 2.49. The zero-order valence-corrected chi connectivity index (χ0v) is 14.7. The van der Waals surface area contributed by atoms with Crippen LogP contribution in [0.5, 0.6) is 0 Å². The van der Waals surface area contributed by atoms with Crippen LogP contribution in [0.1, 0.15) is 39.0 Å². The van der Waals surface area contributed by atoms with E-state index in [4.69, 9.17) is 0 Å². The number of nitrogens with one attached hydrogen (secondary N) is 2. The quantitative estimate of drug-likeness (QED) is 0.805. The highest BCUT2D eigenvalue weighted by molar-refractivity contribution is 5.85. The molecule has 0 aromatic carbocycles. The van der Waals surface area contributed by atoms with Crippen molar-refractivity contribution in [1.82, 2.24) is 15.5 Å². The molecule has 2 aliphatic rings. The number of piperidine rings is 2. The molecule has 0 aliphatic carbocycles. The highest BCUT2D eigenvalue weighted by atomic mass is 35.5. The third-order valence-corrected chi connectivity index (χ3v) is 4.67. The molecule has 2 fully saturated rings. The highest BCUT2D eigenvalue weighted by Crippen LogP contribution is 2.19. The molecule has 4 nitrogen and oxygen atoms in total. The number of amides is 1. The van der Waals surface area contributed by atoms with E-state index in [0.717, 1.165) is 44.8 Å². The smallest absolute Gasteiger partial charge is 0.224 e. The molecule has 0 aromatic heterocycles. The maximum Gasteiger partial charge on any atom is 0.224 e. The Morgan fingerprint density at radius 1 is 1.24 bits per heavy atom. The summed E-state index contributed by atoms with van der Waals surface area (Å²) < 4.78 is 0. The number of halogens is 2.